The van der Waals surface area contributed by atoms with Crippen molar-refractivity contribution in [2.75, 3.05) is 19.6 Å². The summed E-state index contributed by atoms with van der Waals surface area (Å²) in [6.45, 7) is 0.566. The summed E-state index contributed by atoms with van der Waals surface area (Å²) in [5.41, 5.74) is 0.0583. The van der Waals surface area contributed by atoms with Crippen LogP contribution in [0.15, 0.2) is 23.1 Å². The number of rotatable bonds is 3. The quantitative estimate of drug-likeness (QED) is 0.650. The van der Waals surface area contributed by atoms with Crippen molar-refractivity contribution in [1.29, 1.82) is 0 Å². The van der Waals surface area contributed by atoms with Gasteiger partial charge in [0.15, 0.2) is 0 Å². The topological polar surface area (TPSA) is 116 Å². The van der Waals surface area contributed by atoms with E-state index in [0.29, 0.717) is 13.1 Å². The van der Waals surface area contributed by atoms with Gasteiger partial charge in [0.1, 0.15) is 4.90 Å². The highest BCUT2D eigenvalue weighted by Gasteiger charge is 2.25. The number of hydrogen-bond donors (Lipinski definition) is 3. The Hall–Kier alpha value is -1.68. The number of piperazine rings is 1. The van der Waals surface area contributed by atoms with Crippen LogP contribution in [0.3, 0.4) is 0 Å². The van der Waals surface area contributed by atoms with Crippen molar-refractivity contribution in [2.24, 2.45) is 0 Å². The summed E-state index contributed by atoms with van der Waals surface area (Å²) in [6.07, 6.45) is 0. The van der Waals surface area contributed by atoms with Gasteiger partial charge in [-0.2, -0.15) is 0 Å². The lowest BCUT2D eigenvalue weighted by atomic mass is 10.2. The van der Waals surface area contributed by atoms with E-state index in [4.69, 9.17) is 16.8 Å². The van der Waals surface area contributed by atoms with Gasteiger partial charge in [0.25, 0.3) is 15.9 Å². The van der Waals surface area contributed by atoms with E-state index < -0.39 is 20.8 Å². The molecule has 21 heavy (non-hydrogen) atoms. The van der Waals surface area contributed by atoms with E-state index in [1.54, 1.807) is 0 Å². The van der Waals surface area contributed by atoms with E-state index in [1.165, 1.54) is 17.0 Å². The molecule has 0 radical (unpaired) electrons. The number of benzene rings is 1. The van der Waals surface area contributed by atoms with E-state index in [9.17, 15) is 18.0 Å². The number of carbonyl (C=O) groups excluding carboxylic acids is 2. The molecule has 114 valence electrons. The second-order valence-electron chi connectivity index (χ2n) is 4.32. The fourth-order valence-electron chi connectivity index (χ4n) is 1.89. The first-order chi connectivity index (χ1) is 9.85. The average molecular weight is 334 g/mol. The molecule has 1 aromatic rings. The number of amides is 2. The zero-order chi connectivity index (χ0) is 15.6. The maximum atomic E-state index is 12.2. The van der Waals surface area contributed by atoms with Gasteiger partial charge in [0.05, 0.1) is 11.6 Å². The highest BCUT2D eigenvalue weighted by atomic mass is 35.5. The minimum Gasteiger partial charge on any atom is -0.353 e. The lowest BCUT2D eigenvalue weighted by Crippen LogP contribution is -2.50. The van der Waals surface area contributed by atoms with E-state index in [1.807, 2.05) is 0 Å². The van der Waals surface area contributed by atoms with Crippen LogP contribution < -0.4 is 10.2 Å². The van der Waals surface area contributed by atoms with Crippen LogP contribution in [0.5, 0.6) is 0 Å². The second kappa shape index (κ2) is 5.98. The summed E-state index contributed by atoms with van der Waals surface area (Å²) >= 11 is 5.75. The lowest BCUT2D eigenvalue weighted by Gasteiger charge is -2.26. The molecule has 1 fully saturated rings. The van der Waals surface area contributed by atoms with Crippen molar-refractivity contribution in [1.82, 2.24) is 15.1 Å². The molecule has 1 heterocycles. The first-order valence-corrected chi connectivity index (χ1v) is 7.72. The van der Waals surface area contributed by atoms with Gasteiger partial charge in [-0.25, -0.2) is 8.42 Å². The smallest absolute Gasteiger partial charge is 0.263 e. The number of sulfonamides is 1. The van der Waals surface area contributed by atoms with Crippen LogP contribution in [0.2, 0.25) is 5.02 Å². The number of nitrogens with one attached hydrogen (secondary N) is 2. The predicted molar refractivity (Wildman–Crippen MR) is 72.5 cm³/mol. The minimum absolute atomic E-state index is 0.0583. The zero-order valence-corrected chi connectivity index (χ0v) is 12.2. The third kappa shape index (κ3) is 3.32. The molecule has 0 saturated carbocycles. The highest BCUT2D eigenvalue weighted by Crippen LogP contribution is 2.23. The number of hydrogen-bond acceptors (Lipinski definition) is 5. The third-order valence-electron chi connectivity index (χ3n) is 2.91. The predicted octanol–water partition coefficient (Wildman–Crippen LogP) is -0.420. The van der Waals surface area contributed by atoms with Crippen LogP contribution in [-0.2, 0) is 14.8 Å². The first kappa shape index (κ1) is 15.7. The molecule has 1 aliphatic rings. The fraction of sp³-hybridized carbons (Fsp3) is 0.273. The van der Waals surface area contributed by atoms with Crippen LogP contribution in [0.25, 0.3) is 0 Å². The van der Waals surface area contributed by atoms with Crippen LogP contribution in [0, 0.1) is 0 Å². The summed E-state index contributed by atoms with van der Waals surface area (Å²) in [5.74, 6) is -0.774. The zero-order valence-electron chi connectivity index (χ0n) is 10.7. The van der Waals surface area contributed by atoms with Gasteiger partial charge in [-0.1, -0.05) is 16.5 Å². The van der Waals surface area contributed by atoms with E-state index in [0.717, 1.165) is 11.0 Å². The Morgan fingerprint density at radius 1 is 1.43 bits per heavy atom. The van der Waals surface area contributed by atoms with Crippen LogP contribution >= 0.6 is 11.6 Å². The van der Waals surface area contributed by atoms with Crippen molar-refractivity contribution >= 4 is 33.4 Å². The maximum Gasteiger partial charge on any atom is 0.263 e. The van der Waals surface area contributed by atoms with E-state index >= 15 is 0 Å². The van der Waals surface area contributed by atoms with Crippen LogP contribution in [0.4, 0.5) is 0 Å². The number of halogens is 1. The Balaban J connectivity index is 2.35. The molecule has 1 aromatic carbocycles. The first-order valence-electron chi connectivity index (χ1n) is 5.86. The Labute approximate surface area is 125 Å². The summed E-state index contributed by atoms with van der Waals surface area (Å²) < 4.78 is 23.2. The van der Waals surface area contributed by atoms with E-state index in [-0.39, 0.29) is 23.0 Å². The molecular formula is C11H12ClN3O5S. The molecule has 0 atom stereocenters. The SMILES string of the molecule is O=C1CN(C(=O)c2ccc(Cl)c(S(=O)(=O)NO)c2)CCN1. The molecular weight excluding hydrogens is 322 g/mol. The summed E-state index contributed by atoms with van der Waals surface area (Å²) in [4.78, 5) is 25.5. The monoisotopic (exact) mass is 333 g/mol. The van der Waals surface area contributed by atoms with Crippen molar-refractivity contribution in [3.63, 3.8) is 0 Å². The van der Waals surface area contributed by atoms with Gasteiger partial charge < -0.3 is 15.4 Å². The highest BCUT2D eigenvalue weighted by molar-refractivity contribution is 7.89. The molecule has 1 aliphatic heterocycles. The van der Waals surface area contributed by atoms with Gasteiger partial charge >= 0.3 is 0 Å². The molecule has 0 spiro atoms. The molecule has 0 aromatic heterocycles. The molecule has 2 rings (SSSR count). The Morgan fingerprint density at radius 3 is 2.76 bits per heavy atom. The second-order valence-corrected chi connectivity index (χ2v) is 6.35. The van der Waals surface area contributed by atoms with Crippen LogP contribution in [-0.4, -0.2) is 50.0 Å². The molecule has 0 unspecified atom stereocenters. The standard InChI is InChI=1S/C11H12ClN3O5S/c12-8-2-1-7(5-9(8)21(19,20)14-18)11(17)15-4-3-13-10(16)6-15/h1-2,5,14,18H,3-4,6H2,(H,13,16). The summed E-state index contributed by atoms with van der Waals surface area (Å²) in [5, 5.41) is 11.1. The van der Waals surface area contributed by atoms with Crippen molar-refractivity contribution in [3.8, 4) is 0 Å². The summed E-state index contributed by atoms with van der Waals surface area (Å²) in [7, 11) is -4.20. The molecule has 1 saturated heterocycles. The average Bonchev–Trinajstić information content (AvgIpc) is 2.47. The Bertz CT molecular complexity index is 691. The Morgan fingerprint density at radius 2 is 2.14 bits per heavy atom. The molecule has 10 heteroatoms. The number of nitrogens with zero attached hydrogens (tertiary/aromatic N) is 1. The van der Waals surface area contributed by atoms with Gasteiger partial charge in [-0.15, -0.1) is 0 Å². The summed E-state index contributed by atoms with van der Waals surface area (Å²) in [6, 6.07) is 3.65. The van der Waals surface area contributed by atoms with Gasteiger partial charge in [0, 0.05) is 18.7 Å². The maximum absolute atomic E-state index is 12.2. The van der Waals surface area contributed by atoms with Crippen LogP contribution in [0.1, 0.15) is 10.4 Å². The van der Waals surface area contributed by atoms with E-state index in [2.05, 4.69) is 5.32 Å². The third-order valence-corrected chi connectivity index (χ3v) is 4.51. The molecule has 0 bridgehead atoms. The lowest BCUT2D eigenvalue weighted by molar-refractivity contribution is -0.123. The van der Waals surface area contributed by atoms with Gasteiger partial charge in [0.2, 0.25) is 5.91 Å². The van der Waals surface area contributed by atoms with Gasteiger partial charge in [-0.3, -0.25) is 9.59 Å². The molecule has 0 aliphatic carbocycles. The largest absolute Gasteiger partial charge is 0.353 e. The molecule has 8 nitrogen and oxygen atoms in total. The molecule has 3 N–H and O–H groups in total. The minimum atomic E-state index is -4.20. The number of carbonyl (C=O) groups is 2. The van der Waals surface area contributed by atoms with Crippen molar-refractivity contribution < 1.29 is 23.2 Å². The van der Waals surface area contributed by atoms with Crippen molar-refractivity contribution in [2.45, 2.75) is 4.90 Å². The van der Waals surface area contributed by atoms with Crippen molar-refractivity contribution in [3.05, 3.63) is 28.8 Å². The fourth-order valence-corrected chi connectivity index (χ4v) is 3.01. The Kier molecular flexibility index (Phi) is 4.47. The van der Waals surface area contributed by atoms with Gasteiger partial charge in [-0.05, 0) is 18.2 Å². The normalized spacial score (nSPS) is 15.7. The molecule has 2 amide bonds.